The number of nitrogen functional groups attached to an aromatic ring is 1. The molecule has 94 valence electrons. The van der Waals surface area contributed by atoms with E-state index in [0.29, 0.717) is 17.1 Å². The molecule has 2 aromatic carbocycles. The maximum Gasteiger partial charge on any atom is 0.142 e. The summed E-state index contributed by atoms with van der Waals surface area (Å²) in [5, 5.41) is 0. The monoisotopic (exact) mass is 246 g/mol. The molecule has 0 aliphatic carbocycles. The fourth-order valence-corrected chi connectivity index (χ4v) is 1.80. The van der Waals surface area contributed by atoms with Crippen molar-refractivity contribution >= 4 is 17.1 Å². The van der Waals surface area contributed by atoms with Gasteiger partial charge in [0.25, 0.3) is 0 Å². The number of ether oxygens (including phenoxy) is 1. The molecule has 2 aromatic rings. The van der Waals surface area contributed by atoms with Crippen LogP contribution in [0.1, 0.15) is 0 Å². The third-order valence-corrected chi connectivity index (χ3v) is 2.76. The second-order valence-corrected chi connectivity index (χ2v) is 3.97. The Kier molecular flexibility index (Phi) is 3.37. The molecule has 0 bridgehead atoms. The van der Waals surface area contributed by atoms with Gasteiger partial charge in [0, 0.05) is 24.5 Å². The van der Waals surface area contributed by atoms with Crippen molar-refractivity contribution in [2.45, 2.75) is 0 Å². The van der Waals surface area contributed by atoms with Crippen LogP contribution in [0.5, 0.6) is 5.75 Å². The SMILES string of the molecule is COc1ccc(F)cc1N(C)c1cccc(N)c1. The summed E-state index contributed by atoms with van der Waals surface area (Å²) in [6, 6.07) is 11.8. The van der Waals surface area contributed by atoms with Crippen LogP contribution in [-0.4, -0.2) is 14.2 Å². The molecule has 0 amide bonds. The highest BCUT2D eigenvalue weighted by Crippen LogP contribution is 2.33. The van der Waals surface area contributed by atoms with Crippen LogP contribution in [-0.2, 0) is 0 Å². The maximum absolute atomic E-state index is 13.3. The Morgan fingerprint density at radius 2 is 1.94 bits per heavy atom. The molecule has 0 radical (unpaired) electrons. The van der Waals surface area contributed by atoms with Gasteiger partial charge in [-0.1, -0.05) is 6.07 Å². The van der Waals surface area contributed by atoms with E-state index < -0.39 is 0 Å². The van der Waals surface area contributed by atoms with E-state index in [2.05, 4.69) is 0 Å². The molecule has 0 spiro atoms. The smallest absolute Gasteiger partial charge is 0.142 e. The summed E-state index contributed by atoms with van der Waals surface area (Å²) in [6.45, 7) is 0. The number of anilines is 3. The highest BCUT2D eigenvalue weighted by molar-refractivity contribution is 5.70. The normalized spacial score (nSPS) is 10.2. The zero-order valence-corrected chi connectivity index (χ0v) is 10.4. The lowest BCUT2D eigenvalue weighted by Gasteiger charge is -2.22. The van der Waals surface area contributed by atoms with Gasteiger partial charge in [-0.3, -0.25) is 0 Å². The molecule has 0 aromatic heterocycles. The number of hydrogen-bond donors (Lipinski definition) is 1. The molecule has 18 heavy (non-hydrogen) atoms. The van der Waals surface area contributed by atoms with Crippen molar-refractivity contribution in [2.75, 3.05) is 24.8 Å². The molecule has 4 heteroatoms. The summed E-state index contributed by atoms with van der Waals surface area (Å²) in [5.74, 6) is 0.308. The van der Waals surface area contributed by atoms with E-state index in [-0.39, 0.29) is 5.82 Å². The summed E-state index contributed by atoms with van der Waals surface area (Å²) < 4.78 is 18.6. The van der Waals surface area contributed by atoms with E-state index in [4.69, 9.17) is 10.5 Å². The van der Waals surface area contributed by atoms with Crippen LogP contribution in [0, 0.1) is 5.82 Å². The maximum atomic E-state index is 13.3. The second kappa shape index (κ2) is 4.96. The zero-order valence-electron chi connectivity index (χ0n) is 10.4. The second-order valence-electron chi connectivity index (χ2n) is 3.97. The largest absolute Gasteiger partial charge is 0.495 e. The van der Waals surface area contributed by atoms with Gasteiger partial charge in [-0.15, -0.1) is 0 Å². The molecule has 0 atom stereocenters. The Bertz CT molecular complexity index is 557. The summed E-state index contributed by atoms with van der Waals surface area (Å²) in [5.41, 5.74) is 7.93. The van der Waals surface area contributed by atoms with Gasteiger partial charge in [-0.25, -0.2) is 4.39 Å². The van der Waals surface area contributed by atoms with Gasteiger partial charge in [0.05, 0.1) is 12.8 Å². The van der Waals surface area contributed by atoms with Crippen LogP contribution in [0.3, 0.4) is 0 Å². The first-order chi connectivity index (χ1) is 8.61. The van der Waals surface area contributed by atoms with Crippen LogP contribution in [0.4, 0.5) is 21.5 Å². The molecular formula is C14H15FN2O. The van der Waals surface area contributed by atoms with E-state index in [1.165, 1.54) is 12.1 Å². The minimum Gasteiger partial charge on any atom is -0.495 e. The molecule has 0 saturated heterocycles. The van der Waals surface area contributed by atoms with Gasteiger partial charge in [0.1, 0.15) is 11.6 Å². The van der Waals surface area contributed by atoms with Crippen LogP contribution in [0.15, 0.2) is 42.5 Å². The molecular weight excluding hydrogens is 231 g/mol. The van der Waals surface area contributed by atoms with Gasteiger partial charge < -0.3 is 15.4 Å². The summed E-state index contributed by atoms with van der Waals surface area (Å²) in [4.78, 5) is 1.83. The minimum absolute atomic E-state index is 0.304. The average molecular weight is 246 g/mol. The van der Waals surface area contributed by atoms with E-state index in [9.17, 15) is 4.39 Å². The molecule has 0 saturated carbocycles. The minimum atomic E-state index is -0.304. The Labute approximate surface area is 106 Å². The van der Waals surface area contributed by atoms with Crippen LogP contribution in [0.2, 0.25) is 0 Å². The lowest BCUT2D eigenvalue weighted by Crippen LogP contribution is -2.11. The third kappa shape index (κ3) is 2.37. The van der Waals surface area contributed by atoms with Crippen LogP contribution < -0.4 is 15.4 Å². The Hall–Kier alpha value is -2.23. The van der Waals surface area contributed by atoms with Crippen molar-refractivity contribution in [3.63, 3.8) is 0 Å². The number of nitrogens with zero attached hydrogens (tertiary/aromatic N) is 1. The first kappa shape index (κ1) is 12.2. The molecule has 2 rings (SSSR count). The Morgan fingerprint density at radius 1 is 1.17 bits per heavy atom. The molecule has 0 heterocycles. The topological polar surface area (TPSA) is 38.5 Å². The van der Waals surface area contributed by atoms with Gasteiger partial charge in [0.2, 0.25) is 0 Å². The summed E-state index contributed by atoms with van der Waals surface area (Å²) in [7, 11) is 3.40. The fraction of sp³-hybridized carbons (Fsp3) is 0.143. The molecule has 3 nitrogen and oxygen atoms in total. The number of hydrogen-bond acceptors (Lipinski definition) is 3. The Balaban J connectivity index is 2.44. The molecule has 2 N–H and O–H groups in total. The standard InChI is InChI=1S/C14H15FN2O/c1-17(12-5-3-4-11(16)9-12)13-8-10(15)6-7-14(13)18-2/h3-9H,16H2,1-2H3. The molecule has 0 aliphatic heterocycles. The fourth-order valence-electron chi connectivity index (χ4n) is 1.80. The van der Waals surface area contributed by atoms with Crippen molar-refractivity contribution in [2.24, 2.45) is 0 Å². The number of rotatable bonds is 3. The van der Waals surface area contributed by atoms with Crippen molar-refractivity contribution < 1.29 is 9.13 Å². The predicted octanol–water partition coefficient (Wildman–Crippen LogP) is 3.18. The quantitative estimate of drug-likeness (QED) is 0.845. The van der Waals surface area contributed by atoms with E-state index in [1.807, 2.05) is 30.1 Å². The third-order valence-electron chi connectivity index (χ3n) is 2.76. The number of halogens is 1. The van der Waals surface area contributed by atoms with E-state index in [0.717, 1.165) is 5.69 Å². The lowest BCUT2D eigenvalue weighted by atomic mass is 10.2. The van der Waals surface area contributed by atoms with E-state index >= 15 is 0 Å². The van der Waals surface area contributed by atoms with Crippen molar-refractivity contribution in [1.82, 2.24) is 0 Å². The predicted molar refractivity (Wildman–Crippen MR) is 71.9 cm³/mol. The van der Waals surface area contributed by atoms with E-state index in [1.54, 1.807) is 19.2 Å². The number of nitrogens with two attached hydrogens (primary N) is 1. The Morgan fingerprint density at radius 3 is 2.61 bits per heavy atom. The van der Waals surface area contributed by atoms with Crippen molar-refractivity contribution in [3.8, 4) is 5.75 Å². The summed E-state index contributed by atoms with van der Waals surface area (Å²) in [6.07, 6.45) is 0. The summed E-state index contributed by atoms with van der Waals surface area (Å²) >= 11 is 0. The van der Waals surface area contributed by atoms with Crippen LogP contribution >= 0.6 is 0 Å². The van der Waals surface area contributed by atoms with Crippen molar-refractivity contribution in [3.05, 3.63) is 48.3 Å². The van der Waals surface area contributed by atoms with Crippen LogP contribution in [0.25, 0.3) is 0 Å². The highest BCUT2D eigenvalue weighted by Gasteiger charge is 2.11. The zero-order chi connectivity index (χ0) is 13.1. The van der Waals surface area contributed by atoms with Crippen molar-refractivity contribution in [1.29, 1.82) is 0 Å². The van der Waals surface area contributed by atoms with Gasteiger partial charge in [0.15, 0.2) is 0 Å². The number of benzene rings is 2. The number of methoxy groups -OCH3 is 1. The molecule has 0 aliphatic rings. The van der Waals surface area contributed by atoms with Gasteiger partial charge in [-0.05, 0) is 30.3 Å². The highest BCUT2D eigenvalue weighted by atomic mass is 19.1. The van der Waals surface area contributed by atoms with Gasteiger partial charge >= 0.3 is 0 Å². The molecule has 0 unspecified atom stereocenters. The first-order valence-corrected chi connectivity index (χ1v) is 5.54. The molecule has 0 fully saturated rings. The van der Waals surface area contributed by atoms with Gasteiger partial charge in [-0.2, -0.15) is 0 Å². The first-order valence-electron chi connectivity index (χ1n) is 5.54. The average Bonchev–Trinajstić information content (AvgIpc) is 2.38. The lowest BCUT2D eigenvalue weighted by molar-refractivity contribution is 0.414.